The number of halogens is 2. The van der Waals surface area contributed by atoms with Crippen molar-refractivity contribution < 1.29 is 18.9 Å². The van der Waals surface area contributed by atoms with Gasteiger partial charge in [0.25, 0.3) is 0 Å². The van der Waals surface area contributed by atoms with Crippen molar-refractivity contribution in [1.29, 1.82) is 5.26 Å². The summed E-state index contributed by atoms with van der Waals surface area (Å²) in [6.45, 7) is 1.19. The normalized spacial score (nSPS) is 15.7. The lowest BCUT2D eigenvalue weighted by molar-refractivity contribution is -0.0114. The minimum absolute atomic E-state index is 0.0623. The monoisotopic (exact) mass is 487 g/mol. The number of pyridine rings is 1. The summed E-state index contributed by atoms with van der Waals surface area (Å²) < 4.78 is 22.7. The minimum Gasteiger partial charge on any atom is -0.495 e. The molecule has 1 unspecified atom stereocenters. The molecule has 7 nitrogen and oxygen atoms in total. The largest absolute Gasteiger partial charge is 0.495 e. The van der Waals surface area contributed by atoms with Crippen LogP contribution in [0.4, 0.5) is 11.4 Å². The Morgan fingerprint density at radius 1 is 1.15 bits per heavy atom. The van der Waals surface area contributed by atoms with E-state index in [4.69, 9.17) is 42.1 Å². The van der Waals surface area contributed by atoms with Crippen molar-refractivity contribution in [3.05, 3.63) is 46.1 Å². The third-order valence-corrected chi connectivity index (χ3v) is 6.09. The lowest BCUT2D eigenvalue weighted by atomic mass is 10.1. The first-order chi connectivity index (χ1) is 16.0. The highest BCUT2D eigenvalue weighted by Crippen LogP contribution is 2.41. The van der Waals surface area contributed by atoms with Crippen molar-refractivity contribution in [3.63, 3.8) is 0 Å². The quantitative estimate of drug-likeness (QED) is 0.429. The van der Waals surface area contributed by atoms with Gasteiger partial charge in [-0.25, -0.2) is 0 Å². The van der Waals surface area contributed by atoms with Crippen LogP contribution in [0.3, 0.4) is 0 Å². The summed E-state index contributed by atoms with van der Waals surface area (Å²) in [6, 6.07) is 9.08. The third-order valence-electron chi connectivity index (χ3n) is 5.48. The van der Waals surface area contributed by atoms with Gasteiger partial charge in [0.1, 0.15) is 23.9 Å². The number of hydrogen-bond acceptors (Lipinski definition) is 7. The van der Waals surface area contributed by atoms with Crippen molar-refractivity contribution in [2.75, 3.05) is 32.8 Å². The van der Waals surface area contributed by atoms with Crippen LogP contribution in [0.15, 0.2) is 30.5 Å². The van der Waals surface area contributed by atoms with Crippen LogP contribution in [0.5, 0.6) is 17.2 Å². The van der Waals surface area contributed by atoms with E-state index in [1.807, 2.05) is 12.1 Å². The molecule has 0 amide bonds. The van der Waals surface area contributed by atoms with Crippen LogP contribution in [-0.2, 0) is 4.74 Å². The van der Waals surface area contributed by atoms with E-state index in [1.165, 1.54) is 13.3 Å². The summed E-state index contributed by atoms with van der Waals surface area (Å²) in [4.78, 5) is 4.47. The molecule has 1 aliphatic rings. The lowest BCUT2D eigenvalue weighted by Gasteiger charge is -2.23. The summed E-state index contributed by atoms with van der Waals surface area (Å²) in [5.74, 6) is 1.50. The number of rotatable bonds is 7. The molecule has 1 N–H and O–H groups in total. The second-order valence-electron chi connectivity index (χ2n) is 7.54. The van der Waals surface area contributed by atoms with E-state index in [1.54, 1.807) is 19.2 Å². The fraction of sp³-hybridized carbons (Fsp3) is 0.333. The van der Waals surface area contributed by atoms with E-state index >= 15 is 0 Å². The highest BCUT2D eigenvalue weighted by atomic mass is 35.5. The summed E-state index contributed by atoms with van der Waals surface area (Å²) in [7, 11) is 3.08. The van der Waals surface area contributed by atoms with E-state index in [0.717, 1.165) is 25.9 Å². The molecule has 0 radical (unpaired) electrons. The molecule has 0 saturated carbocycles. The first-order valence-corrected chi connectivity index (χ1v) is 11.3. The standard InChI is InChI=1S/C24H23Cl2N3O4/c1-30-21-10-19(17(25)9-18(21)26)29-22-14(11-27)12-28-23-16(22)6-7-20(24(23)31-2)33-13-15-5-3-4-8-32-15/h6-7,9-10,12,15H,3-5,8,13H2,1-2H3,(H,28,29). The first-order valence-electron chi connectivity index (χ1n) is 10.5. The van der Waals surface area contributed by atoms with Gasteiger partial charge in [-0.2, -0.15) is 5.26 Å². The van der Waals surface area contributed by atoms with Gasteiger partial charge in [-0.05, 0) is 37.5 Å². The van der Waals surface area contributed by atoms with Crippen molar-refractivity contribution in [2.24, 2.45) is 0 Å². The maximum Gasteiger partial charge on any atom is 0.187 e. The molecule has 0 aliphatic carbocycles. The summed E-state index contributed by atoms with van der Waals surface area (Å²) >= 11 is 12.6. The molecule has 1 aromatic heterocycles. The molecule has 1 aliphatic heterocycles. The first kappa shape index (κ1) is 23.2. The third kappa shape index (κ3) is 4.88. The van der Waals surface area contributed by atoms with Gasteiger partial charge in [-0.15, -0.1) is 0 Å². The molecule has 1 fully saturated rings. The summed E-state index contributed by atoms with van der Waals surface area (Å²) in [6.07, 6.45) is 4.74. The number of nitriles is 1. The zero-order chi connectivity index (χ0) is 23.4. The molecule has 172 valence electrons. The van der Waals surface area contributed by atoms with Crippen LogP contribution >= 0.6 is 23.2 Å². The number of aromatic nitrogens is 1. The molecule has 2 heterocycles. The predicted molar refractivity (Wildman–Crippen MR) is 128 cm³/mol. The maximum absolute atomic E-state index is 9.70. The Hall–Kier alpha value is -2.92. The number of anilines is 2. The average Bonchev–Trinajstić information content (AvgIpc) is 2.84. The fourth-order valence-electron chi connectivity index (χ4n) is 3.79. The zero-order valence-electron chi connectivity index (χ0n) is 18.3. The van der Waals surface area contributed by atoms with Crippen LogP contribution < -0.4 is 19.5 Å². The molecule has 3 aromatic rings. The molecule has 33 heavy (non-hydrogen) atoms. The molecular formula is C24H23Cl2N3O4. The molecule has 9 heteroatoms. The predicted octanol–water partition coefficient (Wildman–Crippen LogP) is 6.12. The number of hydrogen-bond donors (Lipinski definition) is 1. The highest BCUT2D eigenvalue weighted by Gasteiger charge is 2.20. The van der Waals surface area contributed by atoms with Gasteiger partial charge in [-0.1, -0.05) is 23.2 Å². The fourth-order valence-corrected chi connectivity index (χ4v) is 4.30. The van der Waals surface area contributed by atoms with E-state index in [2.05, 4.69) is 16.4 Å². The Balaban J connectivity index is 1.73. The zero-order valence-corrected chi connectivity index (χ0v) is 19.8. The maximum atomic E-state index is 9.70. The number of nitrogens with one attached hydrogen (secondary N) is 1. The Bertz CT molecular complexity index is 1210. The van der Waals surface area contributed by atoms with Crippen molar-refractivity contribution in [1.82, 2.24) is 4.98 Å². The van der Waals surface area contributed by atoms with Crippen molar-refractivity contribution >= 4 is 45.5 Å². The smallest absolute Gasteiger partial charge is 0.187 e. The second-order valence-corrected chi connectivity index (χ2v) is 8.36. The Labute approximate surface area is 202 Å². The van der Waals surface area contributed by atoms with Gasteiger partial charge in [-0.3, -0.25) is 4.98 Å². The van der Waals surface area contributed by atoms with Crippen LogP contribution in [-0.4, -0.2) is 38.5 Å². The Morgan fingerprint density at radius 3 is 2.70 bits per heavy atom. The highest BCUT2D eigenvalue weighted by molar-refractivity contribution is 6.37. The van der Waals surface area contributed by atoms with Gasteiger partial charge in [0.15, 0.2) is 11.5 Å². The molecule has 1 saturated heterocycles. The van der Waals surface area contributed by atoms with Gasteiger partial charge in [0.2, 0.25) is 0 Å². The van der Waals surface area contributed by atoms with Crippen LogP contribution in [0.2, 0.25) is 10.0 Å². The van der Waals surface area contributed by atoms with E-state index in [0.29, 0.717) is 61.7 Å². The van der Waals surface area contributed by atoms with Crippen molar-refractivity contribution in [2.45, 2.75) is 25.4 Å². The molecule has 0 spiro atoms. The topological polar surface area (TPSA) is 85.6 Å². The number of nitrogens with zero attached hydrogens (tertiary/aromatic N) is 2. The number of ether oxygens (including phenoxy) is 4. The van der Waals surface area contributed by atoms with Crippen LogP contribution in [0, 0.1) is 11.3 Å². The molecule has 0 bridgehead atoms. The Morgan fingerprint density at radius 2 is 2.00 bits per heavy atom. The summed E-state index contributed by atoms with van der Waals surface area (Å²) in [5, 5.41) is 14.4. The van der Waals surface area contributed by atoms with E-state index < -0.39 is 0 Å². The number of benzene rings is 2. The molecule has 2 aromatic carbocycles. The van der Waals surface area contributed by atoms with Gasteiger partial charge >= 0.3 is 0 Å². The number of methoxy groups -OCH3 is 2. The van der Waals surface area contributed by atoms with E-state index in [-0.39, 0.29) is 6.10 Å². The lowest BCUT2D eigenvalue weighted by Crippen LogP contribution is -2.25. The van der Waals surface area contributed by atoms with Gasteiger partial charge in [0.05, 0.1) is 47.3 Å². The van der Waals surface area contributed by atoms with Crippen molar-refractivity contribution in [3.8, 4) is 23.3 Å². The van der Waals surface area contributed by atoms with Gasteiger partial charge < -0.3 is 24.3 Å². The number of fused-ring (bicyclic) bond motifs is 1. The molecule has 4 rings (SSSR count). The summed E-state index contributed by atoms with van der Waals surface area (Å²) in [5.41, 5.74) is 1.97. The second kappa shape index (κ2) is 10.3. The molecular weight excluding hydrogens is 465 g/mol. The van der Waals surface area contributed by atoms with Crippen LogP contribution in [0.1, 0.15) is 24.8 Å². The SMILES string of the molecule is COc1cc(Nc2c(C#N)cnc3c(OC)c(OCC4CCCCO4)ccc23)c(Cl)cc1Cl. The Kier molecular flexibility index (Phi) is 7.29. The van der Waals surface area contributed by atoms with E-state index in [9.17, 15) is 5.26 Å². The molecule has 1 atom stereocenters. The minimum atomic E-state index is 0.0623. The average molecular weight is 488 g/mol. The van der Waals surface area contributed by atoms with Crippen LogP contribution in [0.25, 0.3) is 10.9 Å². The van der Waals surface area contributed by atoms with Gasteiger partial charge in [0, 0.05) is 24.3 Å².